The summed E-state index contributed by atoms with van der Waals surface area (Å²) in [6, 6.07) is -0.0684. The van der Waals surface area contributed by atoms with Crippen molar-refractivity contribution in [3.8, 4) is 0 Å². The van der Waals surface area contributed by atoms with E-state index in [1.54, 1.807) is 0 Å². The van der Waals surface area contributed by atoms with Crippen LogP contribution in [-0.4, -0.2) is 31.2 Å². The van der Waals surface area contributed by atoms with E-state index >= 15 is 0 Å². The van der Waals surface area contributed by atoms with E-state index in [1.807, 2.05) is 6.92 Å². The van der Waals surface area contributed by atoms with Gasteiger partial charge in [-0.2, -0.15) is 13.2 Å². The first-order valence-corrected chi connectivity index (χ1v) is 7.97. The van der Waals surface area contributed by atoms with E-state index in [0.29, 0.717) is 25.2 Å². The van der Waals surface area contributed by atoms with Crippen LogP contribution in [0.15, 0.2) is 0 Å². The molecule has 0 bridgehead atoms. The largest absolute Gasteiger partial charge is 0.392 e. The molecule has 2 aliphatic rings. The number of piperidine rings is 1. The first-order valence-electron chi connectivity index (χ1n) is 7.97. The summed E-state index contributed by atoms with van der Waals surface area (Å²) in [6.45, 7) is 3.71. The summed E-state index contributed by atoms with van der Waals surface area (Å²) in [6.07, 6.45) is -0.480. The second-order valence-electron chi connectivity index (χ2n) is 6.44. The van der Waals surface area contributed by atoms with Gasteiger partial charge in [0.15, 0.2) is 0 Å². The zero-order chi connectivity index (χ0) is 15.5. The summed E-state index contributed by atoms with van der Waals surface area (Å²) in [7, 11) is 0. The monoisotopic (exact) mass is 306 g/mol. The lowest BCUT2D eigenvalue weighted by Gasteiger charge is -2.34. The molecule has 21 heavy (non-hydrogen) atoms. The van der Waals surface area contributed by atoms with E-state index < -0.39 is 23.9 Å². The van der Waals surface area contributed by atoms with Gasteiger partial charge in [0.2, 0.25) is 5.91 Å². The SMILES string of the molecule is CC(NC(=O)C1CCCCC1C(F)(F)F)C1CCCNC1. The Labute approximate surface area is 124 Å². The second kappa shape index (κ2) is 6.99. The molecule has 1 aliphatic heterocycles. The van der Waals surface area contributed by atoms with Gasteiger partial charge in [0.05, 0.1) is 5.92 Å². The lowest BCUT2D eigenvalue weighted by molar-refractivity contribution is -0.198. The number of halogens is 3. The number of carbonyl (C=O) groups is 1. The molecule has 0 aromatic rings. The Morgan fingerprint density at radius 1 is 1.19 bits per heavy atom. The second-order valence-corrected chi connectivity index (χ2v) is 6.44. The van der Waals surface area contributed by atoms with Crippen LogP contribution in [0.25, 0.3) is 0 Å². The van der Waals surface area contributed by atoms with Gasteiger partial charge >= 0.3 is 6.18 Å². The molecule has 3 nitrogen and oxygen atoms in total. The number of alkyl halides is 3. The van der Waals surface area contributed by atoms with Crippen molar-refractivity contribution in [3.63, 3.8) is 0 Å². The van der Waals surface area contributed by atoms with Gasteiger partial charge in [-0.25, -0.2) is 0 Å². The topological polar surface area (TPSA) is 41.1 Å². The van der Waals surface area contributed by atoms with Crippen molar-refractivity contribution in [1.29, 1.82) is 0 Å². The number of hydrogen-bond donors (Lipinski definition) is 2. The van der Waals surface area contributed by atoms with Crippen LogP contribution in [-0.2, 0) is 4.79 Å². The Kier molecular flexibility index (Phi) is 5.52. The minimum atomic E-state index is -4.27. The van der Waals surface area contributed by atoms with E-state index in [-0.39, 0.29) is 12.5 Å². The molecule has 6 heteroatoms. The van der Waals surface area contributed by atoms with Crippen molar-refractivity contribution in [2.24, 2.45) is 17.8 Å². The Hall–Kier alpha value is -0.780. The Balaban J connectivity index is 1.93. The van der Waals surface area contributed by atoms with Gasteiger partial charge < -0.3 is 10.6 Å². The normalized spacial score (nSPS) is 32.5. The van der Waals surface area contributed by atoms with Gasteiger partial charge in [0.1, 0.15) is 0 Å². The van der Waals surface area contributed by atoms with Gasteiger partial charge in [-0.3, -0.25) is 4.79 Å². The molecule has 1 aliphatic carbocycles. The van der Waals surface area contributed by atoms with Crippen LogP contribution in [0.1, 0.15) is 45.4 Å². The van der Waals surface area contributed by atoms with Crippen LogP contribution in [0.2, 0.25) is 0 Å². The number of hydrogen-bond acceptors (Lipinski definition) is 2. The summed E-state index contributed by atoms with van der Waals surface area (Å²) < 4.78 is 39.2. The minimum absolute atomic E-state index is 0.0684. The molecule has 1 saturated heterocycles. The summed E-state index contributed by atoms with van der Waals surface area (Å²) in [5.74, 6) is -2.47. The number of carbonyl (C=O) groups excluding carboxylic acids is 1. The van der Waals surface area contributed by atoms with E-state index in [9.17, 15) is 18.0 Å². The minimum Gasteiger partial charge on any atom is -0.353 e. The van der Waals surface area contributed by atoms with E-state index in [2.05, 4.69) is 10.6 Å². The fourth-order valence-electron chi connectivity index (χ4n) is 3.59. The van der Waals surface area contributed by atoms with Crippen LogP contribution in [0.5, 0.6) is 0 Å². The average Bonchev–Trinajstić information content (AvgIpc) is 2.47. The van der Waals surface area contributed by atoms with Crippen LogP contribution in [0.3, 0.4) is 0 Å². The molecule has 1 amide bonds. The smallest absolute Gasteiger partial charge is 0.353 e. The predicted molar refractivity (Wildman–Crippen MR) is 74.7 cm³/mol. The number of rotatable bonds is 3. The molecule has 1 heterocycles. The highest BCUT2D eigenvalue weighted by molar-refractivity contribution is 5.79. The molecule has 0 radical (unpaired) electrons. The molecule has 0 aromatic carbocycles. The first-order chi connectivity index (χ1) is 9.89. The van der Waals surface area contributed by atoms with Crippen LogP contribution >= 0.6 is 0 Å². The first kappa shape index (κ1) is 16.6. The fraction of sp³-hybridized carbons (Fsp3) is 0.933. The standard InChI is InChI=1S/C15H25F3N2O/c1-10(11-5-4-8-19-9-11)20-14(21)12-6-2-3-7-13(12)15(16,17)18/h10-13,19H,2-9H2,1H3,(H,20,21). The third-order valence-electron chi connectivity index (χ3n) is 4.94. The van der Waals surface area contributed by atoms with Crippen molar-refractivity contribution in [2.75, 3.05) is 13.1 Å². The van der Waals surface area contributed by atoms with Gasteiger partial charge in [0.25, 0.3) is 0 Å². The highest BCUT2D eigenvalue weighted by Crippen LogP contribution is 2.41. The van der Waals surface area contributed by atoms with Gasteiger partial charge in [-0.1, -0.05) is 12.8 Å². The highest BCUT2D eigenvalue weighted by Gasteiger charge is 2.48. The molecule has 4 atom stereocenters. The zero-order valence-corrected chi connectivity index (χ0v) is 12.5. The highest BCUT2D eigenvalue weighted by atomic mass is 19.4. The van der Waals surface area contributed by atoms with Gasteiger partial charge in [0, 0.05) is 12.0 Å². The van der Waals surface area contributed by atoms with Crippen molar-refractivity contribution in [1.82, 2.24) is 10.6 Å². The predicted octanol–water partition coefficient (Wildman–Crippen LogP) is 2.86. The molecule has 122 valence electrons. The summed E-state index contributed by atoms with van der Waals surface area (Å²) in [5.41, 5.74) is 0. The van der Waals surface area contributed by atoms with Gasteiger partial charge in [-0.15, -0.1) is 0 Å². The average molecular weight is 306 g/mol. The van der Waals surface area contributed by atoms with Crippen LogP contribution in [0.4, 0.5) is 13.2 Å². The van der Waals surface area contributed by atoms with Crippen LogP contribution < -0.4 is 10.6 Å². The Morgan fingerprint density at radius 3 is 2.52 bits per heavy atom. The summed E-state index contributed by atoms with van der Waals surface area (Å²) in [4.78, 5) is 12.3. The Bertz CT molecular complexity index is 353. The molecule has 0 spiro atoms. The van der Waals surface area contributed by atoms with Crippen molar-refractivity contribution < 1.29 is 18.0 Å². The molecular formula is C15H25F3N2O. The number of amides is 1. The molecule has 0 aromatic heterocycles. The third-order valence-corrected chi connectivity index (χ3v) is 4.94. The van der Waals surface area contributed by atoms with E-state index in [4.69, 9.17) is 0 Å². The number of nitrogens with one attached hydrogen (secondary N) is 2. The maximum atomic E-state index is 13.1. The lowest BCUT2D eigenvalue weighted by Crippen LogP contribution is -2.49. The third kappa shape index (κ3) is 4.34. The molecular weight excluding hydrogens is 281 g/mol. The molecule has 1 saturated carbocycles. The maximum Gasteiger partial charge on any atom is 0.392 e. The quantitative estimate of drug-likeness (QED) is 0.842. The van der Waals surface area contributed by atoms with Gasteiger partial charge in [-0.05, 0) is 51.6 Å². The lowest BCUT2D eigenvalue weighted by atomic mass is 9.78. The summed E-state index contributed by atoms with van der Waals surface area (Å²) >= 11 is 0. The Morgan fingerprint density at radius 2 is 1.90 bits per heavy atom. The van der Waals surface area contributed by atoms with Crippen molar-refractivity contribution in [3.05, 3.63) is 0 Å². The van der Waals surface area contributed by atoms with E-state index in [0.717, 1.165) is 25.9 Å². The zero-order valence-electron chi connectivity index (χ0n) is 12.5. The van der Waals surface area contributed by atoms with Crippen LogP contribution in [0, 0.1) is 17.8 Å². The molecule has 2 rings (SSSR count). The molecule has 2 N–H and O–H groups in total. The van der Waals surface area contributed by atoms with Crippen molar-refractivity contribution >= 4 is 5.91 Å². The summed E-state index contributed by atoms with van der Waals surface area (Å²) in [5, 5.41) is 6.11. The fourth-order valence-corrected chi connectivity index (χ4v) is 3.59. The van der Waals surface area contributed by atoms with Crippen molar-refractivity contribution in [2.45, 2.75) is 57.7 Å². The maximum absolute atomic E-state index is 13.1. The molecule has 4 unspecified atom stereocenters. The molecule has 2 fully saturated rings. The van der Waals surface area contributed by atoms with E-state index in [1.165, 1.54) is 0 Å².